The number of nitrogens with zero attached hydrogens (tertiary/aromatic N) is 2. The smallest absolute Gasteiger partial charge is 0.242 e. The molecule has 0 saturated carbocycles. The van der Waals surface area contributed by atoms with E-state index in [1.807, 2.05) is 30.8 Å². The predicted octanol–water partition coefficient (Wildman–Crippen LogP) is 0.550. The Morgan fingerprint density at radius 2 is 2.11 bits per heavy atom. The van der Waals surface area contributed by atoms with E-state index in [4.69, 9.17) is 0 Å². The summed E-state index contributed by atoms with van der Waals surface area (Å²) in [4.78, 5) is 23.0. The van der Waals surface area contributed by atoms with Gasteiger partial charge in [-0.05, 0) is 18.4 Å². The molecule has 0 aliphatic heterocycles. The van der Waals surface area contributed by atoms with Gasteiger partial charge in [-0.2, -0.15) is 5.10 Å². The molecule has 1 rings (SSSR count). The Labute approximate surface area is 113 Å². The summed E-state index contributed by atoms with van der Waals surface area (Å²) in [6.45, 7) is 6.56. The van der Waals surface area contributed by atoms with Gasteiger partial charge < -0.3 is 10.6 Å². The minimum absolute atomic E-state index is 0.0648. The Morgan fingerprint density at radius 1 is 1.37 bits per heavy atom. The van der Waals surface area contributed by atoms with Gasteiger partial charge in [0.25, 0.3) is 0 Å². The van der Waals surface area contributed by atoms with E-state index >= 15 is 0 Å². The highest BCUT2D eigenvalue weighted by atomic mass is 16.2. The molecule has 1 heterocycles. The highest BCUT2D eigenvalue weighted by Gasteiger charge is 2.22. The standard InChI is InChI=1S/C13H22N4O2/c1-10(2)12(16-11(3)18)13(19)14-6-4-8-17-9-5-7-15-17/h5,7,9-10,12H,4,6,8H2,1-3H3,(H,14,19)(H,16,18). The van der Waals surface area contributed by atoms with Crippen molar-refractivity contribution in [1.82, 2.24) is 20.4 Å². The minimum Gasteiger partial charge on any atom is -0.354 e. The van der Waals surface area contributed by atoms with Gasteiger partial charge in [-0.1, -0.05) is 13.8 Å². The third-order valence-electron chi connectivity index (χ3n) is 2.73. The fourth-order valence-corrected chi connectivity index (χ4v) is 1.75. The second kappa shape index (κ2) is 7.56. The van der Waals surface area contributed by atoms with E-state index in [-0.39, 0.29) is 17.7 Å². The molecule has 1 aromatic heterocycles. The van der Waals surface area contributed by atoms with Crippen LogP contribution < -0.4 is 10.6 Å². The van der Waals surface area contributed by atoms with Gasteiger partial charge in [0.05, 0.1) is 0 Å². The summed E-state index contributed by atoms with van der Waals surface area (Å²) in [5.41, 5.74) is 0. The van der Waals surface area contributed by atoms with E-state index in [9.17, 15) is 9.59 Å². The maximum Gasteiger partial charge on any atom is 0.242 e. The number of amides is 2. The number of rotatable bonds is 7. The van der Waals surface area contributed by atoms with Crippen LogP contribution in [0.5, 0.6) is 0 Å². The Balaban J connectivity index is 2.29. The van der Waals surface area contributed by atoms with Crippen molar-refractivity contribution in [1.29, 1.82) is 0 Å². The van der Waals surface area contributed by atoms with Gasteiger partial charge in [-0.25, -0.2) is 0 Å². The van der Waals surface area contributed by atoms with E-state index in [1.165, 1.54) is 6.92 Å². The fourth-order valence-electron chi connectivity index (χ4n) is 1.75. The quantitative estimate of drug-likeness (QED) is 0.708. The van der Waals surface area contributed by atoms with E-state index in [0.717, 1.165) is 13.0 Å². The average molecular weight is 266 g/mol. The lowest BCUT2D eigenvalue weighted by molar-refractivity contribution is -0.129. The zero-order chi connectivity index (χ0) is 14.3. The molecule has 0 aliphatic carbocycles. The largest absolute Gasteiger partial charge is 0.354 e. The van der Waals surface area contributed by atoms with Crippen LogP contribution in [-0.2, 0) is 16.1 Å². The van der Waals surface area contributed by atoms with E-state index in [0.29, 0.717) is 6.54 Å². The lowest BCUT2D eigenvalue weighted by Gasteiger charge is -2.20. The SMILES string of the molecule is CC(=O)NC(C(=O)NCCCn1cccn1)C(C)C. The van der Waals surface area contributed by atoms with Crippen molar-refractivity contribution in [3.8, 4) is 0 Å². The maximum absolute atomic E-state index is 11.9. The molecule has 1 unspecified atom stereocenters. The Morgan fingerprint density at radius 3 is 2.63 bits per heavy atom. The molecule has 0 aromatic carbocycles. The number of aromatic nitrogens is 2. The molecule has 19 heavy (non-hydrogen) atoms. The second-order valence-electron chi connectivity index (χ2n) is 4.84. The summed E-state index contributed by atoms with van der Waals surface area (Å²) in [5, 5.41) is 9.58. The van der Waals surface area contributed by atoms with Crippen molar-refractivity contribution >= 4 is 11.8 Å². The average Bonchev–Trinajstić information content (AvgIpc) is 2.83. The van der Waals surface area contributed by atoms with Gasteiger partial charge in [0.1, 0.15) is 6.04 Å². The summed E-state index contributed by atoms with van der Waals surface area (Å²) in [6, 6.07) is 1.40. The van der Waals surface area contributed by atoms with Crippen LogP contribution in [0.1, 0.15) is 27.2 Å². The normalized spacial score (nSPS) is 12.2. The van der Waals surface area contributed by atoms with Gasteiger partial charge in [-0.3, -0.25) is 14.3 Å². The number of hydrogen-bond donors (Lipinski definition) is 2. The molecule has 106 valence electrons. The maximum atomic E-state index is 11.9. The van der Waals surface area contributed by atoms with Gasteiger partial charge >= 0.3 is 0 Å². The highest BCUT2D eigenvalue weighted by Crippen LogP contribution is 2.01. The van der Waals surface area contributed by atoms with Crippen molar-refractivity contribution in [3.05, 3.63) is 18.5 Å². The molecule has 6 heteroatoms. The van der Waals surface area contributed by atoms with Gasteiger partial charge in [0.2, 0.25) is 11.8 Å². The van der Waals surface area contributed by atoms with Crippen LogP contribution in [-0.4, -0.2) is 34.2 Å². The van der Waals surface area contributed by atoms with Gasteiger partial charge in [-0.15, -0.1) is 0 Å². The zero-order valence-electron chi connectivity index (χ0n) is 11.7. The second-order valence-corrected chi connectivity index (χ2v) is 4.84. The van der Waals surface area contributed by atoms with Crippen molar-refractivity contribution in [2.24, 2.45) is 5.92 Å². The molecular formula is C13H22N4O2. The molecule has 6 nitrogen and oxygen atoms in total. The molecule has 0 saturated heterocycles. The van der Waals surface area contributed by atoms with Crippen LogP contribution in [0, 0.1) is 5.92 Å². The van der Waals surface area contributed by atoms with E-state index in [1.54, 1.807) is 6.20 Å². The molecule has 0 bridgehead atoms. The van der Waals surface area contributed by atoms with Crippen LogP contribution in [0.25, 0.3) is 0 Å². The molecule has 0 aliphatic rings. The molecule has 0 fully saturated rings. The Kier molecular flexibility index (Phi) is 6.05. The molecule has 0 spiro atoms. The van der Waals surface area contributed by atoms with Crippen molar-refractivity contribution in [2.75, 3.05) is 6.54 Å². The van der Waals surface area contributed by atoms with E-state index < -0.39 is 6.04 Å². The lowest BCUT2D eigenvalue weighted by atomic mass is 10.0. The molecule has 0 radical (unpaired) electrons. The third-order valence-corrected chi connectivity index (χ3v) is 2.73. The summed E-state index contributed by atoms with van der Waals surface area (Å²) in [5.74, 6) is -0.258. The molecule has 2 N–H and O–H groups in total. The summed E-state index contributed by atoms with van der Waals surface area (Å²) >= 11 is 0. The van der Waals surface area contributed by atoms with Crippen molar-refractivity contribution in [3.63, 3.8) is 0 Å². The molecule has 2 amide bonds. The van der Waals surface area contributed by atoms with Crippen LogP contribution in [0.2, 0.25) is 0 Å². The first-order valence-electron chi connectivity index (χ1n) is 6.53. The van der Waals surface area contributed by atoms with Crippen LogP contribution in [0.3, 0.4) is 0 Å². The topological polar surface area (TPSA) is 76.0 Å². The number of hydrogen-bond acceptors (Lipinski definition) is 3. The van der Waals surface area contributed by atoms with Crippen molar-refractivity contribution < 1.29 is 9.59 Å². The molecular weight excluding hydrogens is 244 g/mol. The predicted molar refractivity (Wildman–Crippen MR) is 72.3 cm³/mol. The first-order chi connectivity index (χ1) is 9.00. The van der Waals surface area contributed by atoms with Gasteiger partial charge in [0.15, 0.2) is 0 Å². The number of carbonyl (C=O) groups is 2. The van der Waals surface area contributed by atoms with Gasteiger partial charge in [0, 0.05) is 32.4 Å². The molecule has 1 aromatic rings. The zero-order valence-corrected chi connectivity index (χ0v) is 11.7. The van der Waals surface area contributed by atoms with Crippen LogP contribution in [0.4, 0.5) is 0 Å². The Bertz CT molecular complexity index is 401. The van der Waals surface area contributed by atoms with Crippen molar-refractivity contribution in [2.45, 2.75) is 39.8 Å². The number of nitrogens with one attached hydrogen (secondary N) is 2. The number of aryl methyl sites for hydroxylation is 1. The molecule has 1 atom stereocenters. The van der Waals surface area contributed by atoms with Crippen LogP contribution in [0.15, 0.2) is 18.5 Å². The fraction of sp³-hybridized carbons (Fsp3) is 0.615. The highest BCUT2D eigenvalue weighted by molar-refractivity contribution is 5.86. The summed E-state index contributed by atoms with van der Waals surface area (Å²) in [6.07, 6.45) is 4.42. The lowest BCUT2D eigenvalue weighted by Crippen LogP contribution is -2.49. The van der Waals surface area contributed by atoms with Crippen LogP contribution >= 0.6 is 0 Å². The minimum atomic E-state index is -0.470. The summed E-state index contributed by atoms with van der Waals surface area (Å²) in [7, 11) is 0. The first-order valence-corrected chi connectivity index (χ1v) is 6.53. The van der Waals surface area contributed by atoms with E-state index in [2.05, 4.69) is 15.7 Å². The Hall–Kier alpha value is -1.85. The summed E-state index contributed by atoms with van der Waals surface area (Å²) < 4.78 is 1.82. The first kappa shape index (κ1) is 15.2. The third kappa shape index (κ3) is 5.54. The monoisotopic (exact) mass is 266 g/mol. The number of carbonyl (C=O) groups excluding carboxylic acids is 2.